The first-order valence-corrected chi connectivity index (χ1v) is 10.5. The second kappa shape index (κ2) is 9.94. The number of ether oxygens (including phenoxy) is 3. The zero-order valence-corrected chi connectivity index (χ0v) is 19.5. The van der Waals surface area contributed by atoms with E-state index in [9.17, 15) is 4.79 Å². The Bertz CT molecular complexity index is 1360. The maximum atomic E-state index is 15.1. The van der Waals surface area contributed by atoms with Crippen LogP contribution in [0.3, 0.4) is 0 Å². The highest BCUT2D eigenvalue weighted by Crippen LogP contribution is 2.41. The number of methoxy groups -OCH3 is 2. The Labute approximate surface area is 199 Å². The first-order valence-electron chi connectivity index (χ1n) is 10.5. The van der Waals surface area contributed by atoms with E-state index in [1.165, 1.54) is 32.5 Å². The van der Waals surface area contributed by atoms with Crippen LogP contribution in [0.2, 0.25) is 0 Å². The molecule has 0 bridgehead atoms. The number of anilines is 1. The Hall–Kier alpha value is -4.25. The molecule has 2 N–H and O–H groups in total. The highest BCUT2D eigenvalue weighted by molar-refractivity contribution is 5.99. The van der Waals surface area contributed by atoms with Gasteiger partial charge in [0.25, 0.3) is 0 Å². The number of nitrogens with zero attached hydrogens (tertiary/aromatic N) is 3. The van der Waals surface area contributed by atoms with E-state index < -0.39 is 17.7 Å². The summed E-state index contributed by atoms with van der Waals surface area (Å²) < 4.78 is 45.8. The standard InChI is InChI=1S/C24H23F2N5O4/c1-31(2)12-13-11-28-23(29-13)30-24(32)35-16-8-7-14(15-6-5-9-27-22(15)16)19-20(25)17(33-3)10-18(34-4)21(19)26/h5-11H,12H2,1-4H3,(H2,28,29,30,32). The third kappa shape index (κ3) is 4.85. The minimum atomic E-state index is -0.895. The van der Waals surface area contributed by atoms with E-state index in [0.717, 1.165) is 11.8 Å². The fraction of sp³-hybridized carbons (Fsp3) is 0.208. The fourth-order valence-corrected chi connectivity index (χ4v) is 3.62. The second-order valence-electron chi connectivity index (χ2n) is 7.79. The molecule has 1 amide bonds. The minimum absolute atomic E-state index is 0.0950. The minimum Gasteiger partial charge on any atom is -0.494 e. The largest absolute Gasteiger partial charge is 0.494 e. The summed E-state index contributed by atoms with van der Waals surface area (Å²) in [6, 6.07) is 7.21. The summed E-state index contributed by atoms with van der Waals surface area (Å²) in [7, 11) is 6.35. The molecule has 2 aromatic heterocycles. The Morgan fingerprint density at radius 1 is 1.09 bits per heavy atom. The van der Waals surface area contributed by atoms with Crippen molar-refractivity contribution in [2.45, 2.75) is 6.54 Å². The predicted octanol–water partition coefficient (Wildman–Crippen LogP) is 4.59. The number of aromatic nitrogens is 3. The van der Waals surface area contributed by atoms with Crippen molar-refractivity contribution in [3.63, 3.8) is 0 Å². The molecule has 182 valence electrons. The van der Waals surface area contributed by atoms with E-state index in [-0.39, 0.29) is 39.8 Å². The molecule has 0 radical (unpaired) electrons. The number of hydrogen-bond acceptors (Lipinski definition) is 7. The Kier molecular flexibility index (Phi) is 6.78. The van der Waals surface area contributed by atoms with Gasteiger partial charge in [-0.25, -0.2) is 18.6 Å². The summed E-state index contributed by atoms with van der Waals surface area (Å²) in [5.41, 5.74) is 0.805. The molecule has 9 nitrogen and oxygen atoms in total. The van der Waals surface area contributed by atoms with Gasteiger partial charge >= 0.3 is 6.09 Å². The first-order chi connectivity index (χ1) is 16.8. The third-order valence-corrected chi connectivity index (χ3v) is 5.11. The van der Waals surface area contributed by atoms with Crippen molar-refractivity contribution < 1.29 is 27.8 Å². The molecular weight excluding hydrogens is 460 g/mol. The van der Waals surface area contributed by atoms with Crippen molar-refractivity contribution >= 4 is 22.9 Å². The van der Waals surface area contributed by atoms with E-state index in [0.29, 0.717) is 11.9 Å². The quantitative estimate of drug-likeness (QED) is 0.396. The number of halogens is 2. The lowest BCUT2D eigenvalue weighted by molar-refractivity contribution is 0.215. The van der Waals surface area contributed by atoms with Crippen molar-refractivity contribution in [2.75, 3.05) is 33.6 Å². The van der Waals surface area contributed by atoms with Crippen LogP contribution in [0.15, 0.2) is 42.7 Å². The number of nitrogens with one attached hydrogen (secondary N) is 2. The van der Waals surface area contributed by atoms with Crippen molar-refractivity contribution in [1.29, 1.82) is 0 Å². The molecule has 2 aromatic carbocycles. The molecule has 2 heterocycles. The van der Waals surface area contributed by atoms with Crippen molar-refractivity contribution in [2.24, 2.45) is 0 Å². The molecule has 11 heteroatoms. The Morgan fingerprint density at radius 2 is 1.80 bits per heavy atom. The summed E-state index contributed by atoms with van der Waals surface area (Å²) >= 11 is 0. The van der Waals surface area contributed by atoms with Gasteiger partial charge < -0.3 is 24.1 Å². The number of carbonyl (C=O) groups is 1. The molecule has 0 aliphatic heterocycles. The number of amides is 1. The Balaban J connectivity index is 1.69. The molecule has 0 aliphatic carbocycles. The average molecular weight is 483 g/mol. The van der Waals surface area contributed by atoms with Crippen LogP contribution in [0.5, 0.6) is 17.2 Å². The van der Waals surface area contributed by atoms with Crippen LogP contribution < -0.4 is 19.5 Å². The number of pyridine rings is 1. The van der Waals surface area contributed by atoms with Crippen LogP contribution in [0.1, 0.15) is 5.69 Å². The van der Waals surface area contributed by atoms with E-state index in [1.54, 1.807) is 18.3 Å². The lowest BCUT2D eigenvalue weighted by atomic mass is 9.98. The van der Waals surface area contributed by atoms with Crippen LogP contribution in [0.25, 0.3) is 22.0 Å². The molecule has 35 heavy (non-hydrogen) atoms. The molecule has 0 saturated carbocycles. The van der Waals surface area contributed by atoms with E-state index >= 15 is 8.78 Å². The smallest absolute Gasteiger partial charge is 0.419 e. The van der Waals surface area contributed by atoms with Gasteiger partial charge in [0, 0.05) is 30.4 Å². The molecular formula is C24H23F2N5O4. The Morgan fingerprint density at radius 3 is 2.46 bits per heavy atom. The van der Waals surface area contributed by atoms with Crippen LogP contribution in [-0.4, -0.2) is 54.3 Å². The van der Waals surface area contributed by atoms with Gasteiger partial charge in [-0.05, 0) is 37.9 Å². The zero-order chi connectivity index (χ0) is 25.1. The lowest BCUT2D eigenvalue weighted by Crippen LogP contribution is -2.18. The van der Waals surface area contributed by atoms with Gasteiger partial charge in [-0.15, -0.1) is 0 Å². The highest BCUT2D eigenvalue weighted by Gasteiger charge is 2.24. The molecule has 0 spiro atoms. The number of imidazole rings is 1. The van der Waals surface area contributed by atoms with Crippen LogP contribution in [-0.2, 0) is 6.54 Å². The molecule has 0 fully saturated rings. The molecule has 0 unspecified atom stereocenters. The maximum Gasteiger partial charge on any atom is 0.419 e. The van der Waals surface area contributed by atoms with Crippen molar-refractivity contribution in [1.82, 2.24) is 19.9 Å². The van der Waals surface area contributed by atoms with Crippen LogP contribution >= 0.6 is 0 Å². The maximum absolute atomic E-state index is 15.1. The molecule has 0 atom stereocenters. The summed E-state index contributed by atoms with van der Waals surface area (Å²) in [5.74, 6) is -1.84. The lowest BCUT2D eigenvalue weighted by Gasteiger charge is -2.15. The van der Waals surface area contributed by atoms with Crippen molar-refractivity contribution in [3.05, 3.63) is 60.1 Å². The van der Waals surface area contributed by atoms with Gasteiger partial charge in [-0.2, -0.15) is 0 Å². The summed E-state index contributed by atoms with van der Waals surface area (Å²) in [4.78, 5) is 25.8. The predicted molar refractivity (Wildman–Crippen MR) is 126 cm³/mol. The number of H-pyrrole nitrogens is 1. The first kappa shape index (κ1) is 23.9. The van der Waals surface area contributed by atoms with Crippen molar-refractivity contribution in [3.8, 4) is 28.4 Å². The monoisotopic (exact) mass is 483 g/mol. The van der Waals surface area contributed by atoms with Gasteiger partial charge in [0.15, 0.2) is 28.9 Å². The van der Waals surface area contributed by atoms with Gasteiger partial charge in [0.1, 0.15) is 5.52 Å². The summed E-state index contributed by atoms with van der Waals surface area (Å²) in [6.45, 7) is 0.589. The number of aromatic amines is 1. The summed E-state index contributed by atoms with van der Waals surface area (Å²) in [5, 5.41) is 2.87. The summed E-state index contributed by atoms with van der Waals surface area (Å²) in [6.07, 6.45) is 2.35. The number of benzene rings is 2. The van der Waals surface area contributed by atoms with Gasteiger partial charge in [0.05, 0.1) is 25.5 Å². The average Bonchev–Trinajstić information content (AvgIpc) is 3.26. The van der Waals surface area contributed by atoms with Gasteiger partial charge in [-0.3, -0.25) is 10.3 Å². The fourth-order valence-electron chi connectivity index (χ4n) is 3.62. The van der Waals surface area contributed by atoms with Gasteiger partial charge in [-0.1, -0.05) is 6.07 Å². The van der Waals surface area contributed by atoms with Crippen LogP contribution in [0.4, 0.5) is 19.5 Å². The SMILES string of the molecule is COc1cc(OC)c(F)c(-c2ccc(OC(=O)Nc3nc(CN(C)C)c[nH]3)c3ncccc23)c1F. The number of carbonyl (C=O) groups excluding carboxylic acids is 1. The highest BCUT2D eigenvalue weighted by atomic mass is 19.1. The zero-order valence-electron chi connectivity index (χ0n) is 19.5. The normalized spacial score (nSPS) is 11.1. The van der Waals surface area contributed by atoms with E-state index in [4.69, 9.17) is 14.2 Å². The molecule has 4 rings (SSSR count). The number of rotatable bonds is 7. The van der Waals surface area contributed by atoms with E-state index in [2.05, 4.69) is 20.3 Å². The topological polar surface area (TPSA) is 102 Å². The molecule has 4 aromatic rings. The molecule has 0 saturated heterocycles. The second-order valence-corrected chi connectivity index (χ2v) is 7.79. The third-order valence-electron chi connectivity index (χ3n) is 5.11. The van der Waals surface area contributed by atoms with Gasteiger partial charge in [0.2, 0.25) is 5.95 Å². The number of hydrogen-bond donors (Lipinski definition) is 2. The van der Waals surface area contributed by atoms with Crippen LogP contribution in [0, 0.1) is 11.6 Å². The molecule has 0 aliphatic rings. The number of fused-ring (bicyclic) bond motifs is 1. The van der Waals surface area contributed by atoms with E-state index in [1.807, 2.05) is 19.0 Å².